The third-order valence-corrected chi connectivity index (χ3v) is 3.28. The van der Waals surface area contributed by atoms with Gasteiger partial charge in [-0.1, -0.05) is 32.2 Å². The van der Waals surface area contributed by atoms with Crippen LogP contribution in [-0.4, -0.2) is 27.3 Å². The molecule has 16 heavy (non-hydrogen) atoms. The van der Waals surface area contributed by atoms with Crippen molar-refractivity contribution in [2.75, 3.05) is 6.54 Å². The topological polar surface area (TPSA) is 58.0 Å². The summed E-state index contributed by atoms with van der Waals surface area (Å²) in [5.74, 6) is 0.276. The van der Waals surface area contributed by atoms with Gasteiger partial charge in [0.15, 0.2) is 0 Å². The van der Waals surface area contributed by atoms with E-state index in [0.29, 0.717) is 6.54 Å². The molecule has 0 amide bonds. The Morgan fingerprint density at radius 3 is 2.69 bits per heavy atom. The first-order chi connectivity index (χ1) is 7.43. The second kappa shape index (κ2) is 5.70. The highest BCUT2D eigenvalue weighted by molar-refractivity contribution is 7.03. The standard InChI is InChI=1S/C11H21N3OS/c1-8(2)10(15)11(3,4)7-12-5-9-6-16-14-13-9/h6,8,10,12,15H,5,7H2,1-4H3. The molecular weight excluding hydrogens is 222 g/mol. The first-order valence-electron chi connectivity index (χ1n) is 5.58. The lowest BCUT2D eigenvalue weighted by Gasteiger charge is -2.33. The quantitative estimate of drug-likeness (QED) is 0.798. The van der Waals surface area contributed by atoms with Gasteiger partial charge in [-0.2, -0.15) is 0 Å². The van der Waals surface area contributed by atoms with Gasteiger partial charge in [0.05, 0.1) is 11.8 Å². The summed E-state index contributed by atoms with van der Waals surface area (Å²) in [4.78, 5) is 0. The lowest BCUT2D eigenvalue weighted by molar-refractivity contribution is 0.0134. The predicted molar refractivity (Wildman–Crippen MR) is 66.2 cm³/mol. The lowest BCUT2D eigenvalue weighted by atomic mass is 9.81. The molecule has 4 nitrogen and oxygen atoms in total. The lowest BCUT2D eigenvalue weighted by Crippen LogP contribution is -2.41. The zero-order valence-electron chi connectivity index (χ0n) is 10.4. The molecule has 1 unspecified atom stereocenters. The van der Waals surface area contributed by atoms with E-state index < -0.39 is 0 Å². The minimum atomic E-state index is -0.298. The summed E-state index contributed by atoms with van der Waals surface area (Å²) in [6, 6.07) is 0. The average Bonchev–Trinajstić information content (AvgIpc) is 2.69. The van der Waals surface area contributed by atoms with Crippen molar-refractivity contribution >= 4 is 11.5 Å². The molecule has 92 valence electrons. The zero-order chi connectivity index (χ0) is 12.2. The SMILES string of the molecule is CC(C)C(O)C(C)(C)CNCc1csnn1. The number of nitrogens with one attached hydrogen (secondary N) is 1. The molecule has 0 aromatic carbocycles. The Morgan fingerprint density at radius 2 is 2.19 bits per heavy atom. The van der Waals surface area contributed by atoms with Crippen LogP contribution in [0.2, 0.25) is 0 Å². The summed E-state index contributed by atoms with van der Waals surface area (Å²) in [5.41, 5.74) is 0.831. The summed E-state index contributed by atoms with van der Waals surface area (Å²) in [6.45, 7) is 9.70. The summed E-state index contributed by atoms with van der Waals surface area (Å²) in [7, 11) is 0. The third-order valence-electron chi connectivity index (χ3n) is 2.72. The zero-order valence-corrected chi connectivity index (χ0v) is 11.2. The van der Waals surface area contributed by atoms with Crippen LogP contribution < -0.4 is 5.32 Å². The van der Waals surface area contributed by atoms with Gasteiger partial charge in [0, 0.05) is 23.9 Å². The molecular formula is C11H21N3OS. The van der Waals surface area contributed by atoms with E-state index in [1.54, 1.807) is 0 Å². The molecule has 0 bridgehead atoms. The molecule has 1 aromatic rings. The first kappa shape index (κ1) is 13.5. The van der Waals surface area contributed by atoms with Crippen molar-refractivity contribution in [2.45, 2.75) is 40.3 Å². The Kier molecular flexibility index (Phi) is 4.83. The largest absolute Gasteiger partial charge is 0.392 e. The summed E-state index contributed by atoms with van der Waals surface area (Å²) in [6.07, 6.45) is -0.298. The van der Waals surface area contributed by atoms with Gasteiger partial charge in [0.25, 0.3) is 0 Å². The Morgan fingerprint density at radius 1 is 1.50 bits per heavy atom. The molecule has 0 spiro atoms. The molecule has 1 atom stereocenters. The molecule has 0 aliphatic rings. The molecule has 0 aliphatic carbocycles. The van der Waals surface area contributed by atoms with Crippen molar-refractivity contribution in [1.29, 1.82) is 0 Å². The van der Waals surface area contributed by atoms with Crippen LogP contribution in [0.5, 0.6) is 0 Å². The van der Waals surface area contributed by atoms with Crippen LogP contribution in [0.1, 0.15) is 33.4 Å². The van der Waals surface area contributed by atoms with Crippen LogP contribution in [0.3, 0.4) is 0 Å². The van der Waals surface area contributed by atoms with E-state index in [0.717, 1.165) is 12.2 Å². The van der Waals surface area contributed by atoms with Crippen molar-refractivity contribution in [3.8, 4) is 0 Å². The number of aromatic nitrogens is 2. The van der Waals surface area contributed by atoms with Crippen LogP contribution in [0.4, 0.5) is 0 Å². The van der Waals surface area contributed by atoms with Crippen LogP contribution in [-0.2, 0) is 6.54 Å². The van der Waals surface area contributed by atoms with Gasteiger partial charge >= 0.3 is 0 Å². The fourth-order valence-corrected chi connectivity index (χ4v) is 2.23. The number of aliphatic hydroxyl groups is 1. The fourth-order valence-electron chi connectivity index (χ4n) is 1.78. The summed E-state index contributed by atoms with van der Waals surface area (Å²) in [5, 5.41) is 19.2. The van der Waals surface area contributed by atoms with Crippen LogP contribution in [0, 0.1) is 11.3 Å². The first-order valence-corrected chi connectivity index (χ1v) is 6.42. The van der Waals surface area contributed by atoms with Crippen LogP contribution in [0.15, 0.2) is 5.38 Å². The Bertz CT molecular complexity index is 298. The molecule has 1 rings (SSSR count). The van der Waals surface area contributed by atoms with E-state index in [-0.39, 0.29) is 17.4 Å². The second-order valence-electron chi connectivity index (χ2n) is 5.18. The predicted octanol–water partition coefficient (Wildman–Crippen LogP) is 1.67. The van der Waals surface area contributed by atoms with E-state index in [9.17, 15) is 5.11 Å². The summed E-state index contributed by atoms with van der Waals surface area (Å²) < 4.78 is 3.80. The second-order valence-corrected chi connectivity index (χ2v) is 5.79. The van der Waals surface area contributed by atoms with Crippen molar-refractivity contribution < 1.29 is 5.11 Å². The van der Waals surface area contributed by atoms with Gasteiger partial charge in [0.1, 0.15) is 0 Å². The molecule has 0 aliphatic heterocycles. The number of hydrogen-bond acceptors (Lipinski definition) is 5. The Balaban J connectivity index is 2.36. The smallest absolute Gasteiger partial charge is 0.0893 e. The maximum Gasteiger partial charge on any atom is 0.0893 e. The van der Waals surface area contributed by atoms with E-state index >= 15 is 0 Å². The van der Waals surface area contributed by atoms with Crippen LogP contribution in [0.25, 0.3) is 0 Å². The highest BCUT2D eigenvalue weighted by Crippen LogP contribution is 2.25. The van der Waals surface area contributed by atoms with Crippen molar-refractivity contribution in [3.63, 3.8) is 0 Å². The molecule has 0 saturated carbocycles. The molecule has 1 aromatic heterocycles. The minimum Gasteiger partial charge on any atom is -0.392 e. The van der Waals surface area contributed by atoms with Crippen molar-refractivity contribution in [3.05, 3.63) is 11.1 Å². The minimum absolute atomic E-state index is 0.127. The molecule has 1 heterocycles. The van der Waals surface area contributed by atoms with Gasteiger partial charge in [0.2, 0.25) is 0 Å². The average molecular weight is 243 g/mol. The molecule has 5 heteroatoms. The van der Waals surface area contributed by atoms with E-state index in [4.69, 9.17) is 0 Å². The number of nitrogens with zero attached hydrogens (tertiary/aromatic N) is 2. The van der Waals surface area contributed by atoms with E-state index in [2.05, 4.69) is 28.8 Å². The third kappa shape index (κ3) is 3.81. The Hall–Kier alpha value is -0.520. The van der Waals surface area contributed by atoms with Gasteiger partial charge in [-0.05, 0) is 17.5 Å². The maximum absolute atomic E-state index is 10.0. The fraction of sp³-hybridized carbons (Fsp3) is 0.818. The van der Waals surface area contributed by atoms with Gasteiger partial charge < -0.3 is 10.4 Å². The monoisotopic (exact) mass is 243 g/mol. The van der Waals surface area contributed by atoms with E-state index in [1.807, 2.05) is 19.2 Å². The maximum atomic E-state index is 10.0. The normalized spacial score (nSPS) is 14.4. The van der Waals surface area contributed by atoms with Crippen molar-refractivity contribution in [2.24, 2.45) is 11.3 Å². The van der Waals surface area contributed by atoms with E-state index in [1.165, 1.54) is 11.5 Å². The Labute approximate surface area is 101 Å². The molecule has 0 saturated heterocycles. The molecule has 0 fully saturated rings. The van der Waals surface area contributed by atoms with Gasteiger partial charge in [-0.25, -0.2) is 0 Å². The number of rotatable bonds is 6. The highest BCUT2D eigenvalue weighted by Gasteiger charge is 2.29. The number of hydrogen-bond donors (Lipinski definition) is 2. The van der Waals surface area contributed by atoms with Crippen LogP contribution >= 0.6 is 11.5 Å². The molecule has 0 radical (unpaired) electrons. The van der Waals surface area contributed by atoms with Gasteiger partial charge in [-0.3, -0.25) is 0 Å². The van der Waals surface area contributed by atoms with Gasteiger partial charge in [-0.15, -0.1) is 5.10 Å². The highest BCUT2D eigenvalue weighted by atomic mass is 32.1. The summed E-state index contributed by atoms with van der Waals surface area (Å²) >= 11 is 1.36. The van der Waals surface area contributed by atoms with Crippen molar-refractivity contribution in [1.82, 2.24) is 14.9 Å². The molecule has 2 N–H and O–H groups in total. The number of aliphatic hydroxyl groups excluding tert-OH is 1.